The molecule has 0 bridgehead atoms. The first-order valence-electron chi connectivity index (χ1n) is 9.56. The van der Waals surface area contributed by atoms with Crippen molar-refractivity contribution in [2.45, 2.75) is 9.79 Å². The predicted molar refractivity (Wildman–Crippen MR) is 129 cm³/mol. The van der Waals surface area contributed by atoms with E-state index in [-0.39, 0.29) is 21.2 Å². The third-order valence-electron chi connectivity index (χ3n) is 4.78. The SMILES string of the molecule is O=[N+]([O-])c1ccccc1-c1ccccc1SSc1ccccc1-c1ccccc1[N+](=O)[O-]. The van der Waals surface area contributed by atoms with Crippen molar-refractivity contribution < 1.29 is 9.85 Å². The highest BCUT2D eigenvalue weighted by Crippen LogP contribution is 2.47. The fourth-order valence-electron chi connectivity index (χ4n) is 3.33. The number of nitrogens with zero attached hydrogens (tertiary/aromatic N) is 2. The molecule has 8 heteroatoms. The Balaban J connectivity index is 1.70. The Morgan fingerprint density at radius 2 is 0.781 bits per heavy atom. The molecule has 0 aliphatic rings. The molecule has 0 unspecified atom stereocenters. The van der Waals surface area contributed by atoms with Gasteiger partial charge in [0.1, 0.15) is 0 Å². The molecule has 0 aromatic heterocycles. The van der Waals surface area contributed by atoms with Gasteiger partial charge in [-0.3, -0.25) is 20.2 Å². The number of nitro groups is 2. The molecule has 4 aromatic rings. The van der Waals surface area contributed by atoms with E-state index in [0.29, 0.717) is 11.1 Å². The van der Waals surface area contributed by atoms with Gasteiger partial charge in [-0.25, -0.2) is 0 Å². The summed E-state index contributed by atoms with van der Waals surface area (Å²) in [5.74, 6) is 0. The van der Waals surface area contributed by atoms with Crippen molar-refractivity contribution in [2.24, 2.45) is 0 Å². The molecule has 0 N–H and O–H groups in total. The minimum atomic E-state index is -0.381. The summed E-state index contributed by atoms with van der Waals surface area (Å²) in [5.41, 5.74) is 2.72. The van der Waals surface area contributed by atoms with Crippen LogP contribution in [0.3, 0.4) is 0 Å². The second kappa shape index (κ2) is 9.67. The molecule has 0 aliphatic heterocycles. The number of nitro benzene ring substituents is 2. The fourth-order valence-corrected chi connectivity index (χ4v) is 5.73. The van der Waals surface area contributed by atoms with Crippen LogP contribution in [0.5, 0.6) is 0 Å². The Kier molecular flexibility index (Phi) is 6.53. The molecule has 4 rings (SSSR count). The van der Waals surface area contributed by atoms with Crippen molar-refractivity contribution in [1.29, 1.82) is 0 Å². The molecular formula is C24H16N2O4S2. The molecule has 0 heterocycles. The molecule has 0 amide bonds. The van der Waals surface area contributed by atoms with Gasteiger partial charge < -0.3 is 0 Å². The molecule has 0 atom stereocenters. The summed E-state index contributed by atoms with van der Waals surface area (Å²) in [5, 5.41) is 23.0. The highest BCUT2D eigenvalue weighted by molar-refractivity contribution is 8.76. The zero-order valence-electron chi connectivity index (χ0n) is 16.6. The molecule has 0 saturated heterocycles. The summed E-state index contributed by atoms with van der Waals surface area (Å²) >= 11 is 0. The molecule has 32 heavy (non-hydrogen) atoms. The van der Waals surface area contributed by atoms with Gasteiger partial charge in [-0.05, 0) is 24.3 Å². The van der Waals surface area contributed by atoms with Crippen molar-refractivity contribution in [3.63, 3.8) is 0 Å². The lowest BCUT2D eigenvalue weighted by atomic mass is 10.0. The lowest BCUT2D eigenvalue weighted by Gasteiger charge is -2.12. The van der Waals surface area contributed by atoms with E-state index in [0.717, 1.165) is 20.9 Å². The van der Waals surface area contributed by atoms with Gasteiger partial charge in [0, 0.05) is 33.1 Å². The van der Waals surface area contributed by atoms with Gasteiger partial charge in [0.05, 0.1) is 21.0 Å². The summed E-state index contributed by atoms with van der Waals surface area (Å²) in [6.45, 7) is 0. The van der Waals surface area contributed by atoms with Crippen LogP contribution in [0.15, 0.2) is 107 Å². The molecule has 0 radical (unpaired) electrons. The standard InChI is InChI=1S/C24H16N2O4S2/c27-25(28)21-13-5-1-9-17(21)19-11-3-7-15-23(19)31-32-24-16-8-4-12-20(24)18-10-2-6-14-22(18)26(29)30/h1-16H. The third-order valence-corrected chi connectivity index (χ3v) is 7.26. The van der Waals surface area contributed by atoms with Gasteiger partial charge in [0.15, 0.2) is 0 Å². The third kappa shape index (κ3) is 4.51. The fraction of sp³-hybridized carbons (Fsp3) is 0. The van der Waals surface area contributed by atoms with Crippen LogP contribution in [0.4, 0.5) is 11.4 Å². The minimum absolute atomic E-state index is 0.0471. The van der Waals surface area contributed by atoms with Crippen LogP contribution >= 0.6 is 21.6 Å². The van der Waals surface area contributed by atoms with Gasteiger partial charge in [0.2, 0.25) is 0 Å². The topological polar surface area (TPSA) is 86.3 Å². The average Bonchev–Trinajstić information content (AvgIpc) is 2.83. The van der Waals surface area contributed by atoms with Gasteiger partial charge in [-0.1, -0.05) is 82.3 Å². The molecule has 0 aliphatic carbocycles. The van der Waals surface area contributed by atoms with E-state index in [1.54, 1.807) is 36.4 Å². The maximum Gasteiger partial charge on any atom is 0.277 e. The summed E-state index contributed by atoms with van der Waals surface area (Å²) in [7, 11) is 2.93. The molecule has 0 fully saturated rings. The summed E-state index contributed by atoms with van der Waals surface area (Å²) in [4.78, 5) is 24.0. The lowest BCUT2D eigenvalue weighted by Crippen LogP contribution is -1.93. The largest absolute Gasteiger partial charge is 0.277 e. The van der Waals surface area contributed by atoms with Crippen molar-refractivity contribution in [3.05, 3.63) is 117 Å². The Morgan fingerprint density at radius 1 is 0.469 bits per heavy atom. The minimum Gasteiger partial charge on any atom is -0.258 e. The van der Waals surface area contributed by atoms with Crippen molar-refractivity contribution >= 4 is 33.0 Å². The highest BCUT2D eigenvalue weighted by Gasteiger charge is 2.19. The highest BCUT2D eigenvalue weighted by atomic mass is 33.1. The van der Waals surface area contributed by atoms with E-state index in [1.807, 2.05) is 48.5 Å². The molecular weight excluding hydrogens is 444 g/mol. The van der Waals surface area contributed by atoms with Crippen LogP contribution in [0, 0.1) is 20.2 Å². The van der Waals surface area contributed by atoms with E-state index in [4.69, 9.17) is 0 Å². The lowest BCUT2D eigenvalue weighted by molar-refractivity contribution is -0.384. The second-order valence-electron chi connectivity index (χ2n) is 6.71. The van der Waals surface area contributed by atoms with Crippen LogP contribution in [-0.2, 0) is 0 Å². The summed E-state index contributed by atoms with van der Waals surface area (Å²) < 4.78 is 0. The van der Waals surface area contributed by atoms with Crippen LogP contribution in [-0.4, -0.2) is 9.85 Å². The number of benzene rings is 4. The molecule has 0 spiro atoms. The van der Waals surface area contributed by atoms with Gasteiger partial charge in [0.25, 0.3) is 11.4 Å². The molecule has 4 aromatic carbocycles. The van der Waals surface area contributed by atoms with E-state index >= 15 is 0 Å². The van der Waals surface area contributed by atoms with Crippen LogP contribution in [0.1, 0.15) is 0 Å². The Morgan fingerprint density at radius 3 is 1.16 bits per heavy atom. The van der Waals surface area contributed by atoms with E-state index < -0.39 is 0 Å². The average molecular weight is 461 g/mol. The Labute approximate surface area is 192 Å². The second-order valence-corrected chi connectivity index (χ2v) is 8.92. The number of para-hydroxylation sites is 2. The van der Waals surface area contributed by atoms with E-state index in [9.17, 15) is 20.2 Å². The van der Waals surface area contributed by atoms with Gasteiger partial charge >= 0.3 is 0 Å². The number of rotatable bonds is 7. The van der Waals surface area contributed by atoms with Crippen LogP contribution in [0.25, 0.3) is 22.3 Å². The monoisotopic (exact) mass is 460 g/mol. The molecule has 6 nitrogen and oxygen atoms in total. The molecule has 0 saturated carbocycles. The van der Waals surface area contributed by atoms with Crippen molar-refractivity contribution in [1.82, 2.24) is 0 Å². The smallest absolute Gasteiger partial charge is 0.258 e. The number of hydrogen-bond donors (Lipinski definition) is 0. The van der Waals surface area contributed by atoms with E-state index in [2.05, 4.69) is 0 Å². The van der Waals surface area contributed by atoms with Crippen molar-refractivity contribution in [3.8, 4) is 22.3 Å². The van der Waals surface area contributed by atoms with Crippen LogP contribution in [0.2, 0.25) is 0 Å². The first-order chi connectivity index (χ1) is 15.6. The first-order valence-corrected chi connectivity index (χ1v) is 11.7. The zero-order chi connectivity index (χ0) is 22.5. The molecule has 158 valence electrons. The summed E-state index contributed by atoms with van der Waals surface area (Å²) in [6.07, 6.45) is 0. The van der Waals surface area contributed by atoms with E-state index in [1.165, 1.54) is 33.7 Å². The first kappa shape index (κ1) is 21.6. The van der Waals surface area contributed by atoms with Crippen molar-refractivity contribution in [2.75, 3.05) is 0 Å². The predicted octanol–water partition coefficient (Wildman–Crippen LogP) is 7.64. The maximum atomic E-state index is 11.5. The van der Waals surface area contributed by atoms with Crippen LogP contribution < -0.4 is 0 Å². The quantitative estimate of drug-likeness (QED) is 0.160. The Hall–Kier alpha value is -3.62. The zero-order valence-corrected chi connectivity index (χ0v) is 18.2. The number of hydrogen-bond acceptors (Lipinski definition) is 6. The Bertz CT molecular complexity index is 1210. The van der Waals surface area contributed by atoms with Gasteiger partial charge in [-0.15, -0.1) is 0 Å². The summed E-state index contributed by atoms with van der Waals surface area (Å²) in [6, 6.07) is 28.3. The normalized spacial score (nSPS) is 10.6. The maximum absolute atomic E-state index is 11.5. The van der Waals surface area contributed by atoms with Gasteiger partial charge in [-0.2, -0.15) is 0 Å².